The quantitative estimate of drug-likeness (QED) is 0.774. The van der Waals surface area contributed by atoms with Crippen LogP contribution in [0.3, 0.4) is 0 Å². The Labute approximate surface area is 141 Å². The van der Waals surface area contributed by atoms with E-state index in [2.05, 4.69) is 47.0 Å². The Morgan fingerprint density at radius 3 is 2.78 bits per heavy atom. The van der Waals surface area contributed by atoms with E-state index in [1.807, 2.05) is 30.6 Å². The van der Waals surface area contributed by atoms with E-state index in [9.17, 15) is 0 Å². The predicted octanol–water partition coefficient (Wildman–Crippen LogP) is 4.20. The minimum absolute atomic E-state index is 0.0328. The molecular weight excluding hydrogens is 308 g/mol. The van der Waals surface area contributed by atoms with E-state index in [1.165, 1.54) is 0 Å². The molecule has 3 aliphatic heterocycles. The highest BCUT2D eigenvalue weighted by atomic mass is 35.5. The third kappa shape index (κ3) is 2.57. The molecule has 1 unspecified atom stereocenters. The van der Waals surface area contributed by atoms with Crippen molar-refractivity contribution in [3.63, 3.8) is 0 Å². The fourth-order valence-corrected chi connectivity index (χ4v) is 3.42. The van der Waals surface area contributed by atoms with Crippen LogP contribution in [0.15, 0.2) is 58.5 Å². The number of hydrogen-bond donors (Lipinski definition) is 0. The number of aliphatic imine (C=N–C) groups is 2. The van der Waals surface area contributed by atoms with Crippen molar-refractivity contribution in [1.82, 2.24) is 4.90 Å². The molecule has 4 rings (SSSR count). The Morgan fingerprint density at radius 1 is 1.22 bits per heavy atom. The third-order valence-corrected chi connectivity index (χ3v) is 4.73. The third-order valence-electron chi connectivity index (χ3n) is 4.48. The van der Waals surface area contributed by atoms with Crippen LogP contribution >= 0.6 is 11.6 Å². The molecule has 0 aromatic heterocycles. The molecule has 0 fully saturated rings. The molecule has 118 valence electrons. The highest BCUT2D eigenvalue weighted by Crippen LogP contribution is 2.36. The Kier molecular flexibility index (Phi) is 3.31. The van der Waals surface area contributed by atoms with Crippen LogP contribution in [0.1, 0.15) is 26.7 Å². The van der Waals surface area contributed by atoms with Gasteiger partial charge in [0.15, 0.2) is 5.82 Å². The molecule has 0 N–H and O–H groups in total. The fourth-order valence-electron chi connectivity index (χ4n) is 3.29. The van der Waals surface area contributed by atoms with Crippen molar-refractivity contribution in [2.24, 2.45) is 9.98 Å². The van der Waals surface area contributed by atoms with Gasteiger partial charge in [0, 0.05) is 29.3 Å². The van der Waals surface area contributed by atoms with Gasteiger partial charge >= 0.3 is 0 Å². The smallest absolute Gasteiger partial charge is 0.154 e. The number of anilines is 1. The SMILES string of the molecule is CC1(C)CCC2C(=N1)N1C=CC=NC1=CN2c1ccc(Cl)cc1. The number of rotatable bonds is 1. The van der Waals surface area contributed by atoms with Crippen LogP contribution in [-0.2, 0) is 0 Å². The van der Waals surface area contributed by atoms with E-state index in [0.29, 0.717) is 0 Å². The summed E-state index contributed by atoms with van der Waals surface area (Å²) < 4.78 is 0. The fraction of sp³-hybridized carbons (Fsp3) is 0.333. The lowest BCUT2D eigenvalue weighted by Gasteiger charge is -2.45. The van der Waals surface area contributed by atoms with Gasteiger partial charge in [0.1, 0.15) is 5.84 Å². The predicted molar refractivity (Wildman–Crippen MR) is 96.0 cm³/mol. The summed E-state index contributed by atoms with van der Waals surface area (Å²) in [5.74, 6) is 1.97. The number of benzene rings is 1. The van der Waals surface area contributed by atoms with Crippen LogP contribution in [0.4, 0.5) is 5.69 Å². The number of halogens is 1. The van der Waals surface area contributed by atoms with Crippen molar-refractivity contribution in [1.29, 1.82) is 0 Å². The van der Waals surface area contributed by atoms with Crippen molar-refractivity contribution in [2.45, 2.75) is 38.3 Å². The number of hydrogen-bond acceptors (Lipinski definition) is 4. The van der Waals surface area contributed by atoms with Crippen LogP contribution in [-0.4, -0.2) is 28.5 Å². The van der Waals surface area contributed by atoms with Gasteiger partial charge in [0.25, 0.3) is 0 Å². The Bertz CT molecular complexity index is 743. The topological polar surface area (TPSA) is 31.2 Å². The number of allylic oxidation sites excluding steroid dienone is 1. The van der Waals surface area contributed by atoms with Crippen LogP contribution in [0.2, 0.25) is 5.02 Å². The molecular formula is C18H19ClN4. The first kappa shape index (κ1) is 14.5. The first-order valence-electron chi connectivity index (χ1n) is 7.89. The minimum atomic E-state index is -0.0328. The van der Waals surface area contributed by atoms with Crippen molar-refractivity contribution in [2.75, 3.05) is 4.90 Å². The van der Waals surface area contributed by atoms with Crippen LogP contribution in [0.25, 0.3) is 0 Å². The molecule has 0 bridgehead atoms. The van der Waals surface area contributed by atoms with Gasteiger partial charge in [-0.05, 0) is 57.0 Å². The molecule has 0 amide bonds. The maximum atomic E-state index is 6.04. The van der Waals surface area contributed by atoms with Crippen molar-refractivity contribution >= 4 is 29.3 Å². The molecule has 0 aliphatic carbocycles. The van der Waals surface area contributed by atoms with Gasteiger partial charge in [0.05, 0.1) is 11.6 Å². The maximum Gasteiger partial charge on any atom is 0.154 e. The zero-order valence-electron chi connectivity index (χ0n) is 13.3. The average molecular weight is 327 g/mol. The van der Waals surface area contributed by atoms with Crippen molar-refractivity contribution < 1.29 is 0 Å². The molecule has 0 radical (unpaired) electrons. The van der Waals surface area contributed by atoms with E-state index in [4.69, 9.17) is 16.6 Å². The lowest BCUT2D eigenvalue weighted by atomic mass is 9.90. The molecule has 1 aromatic carbocycles. The van der Waals surface area contributed by atoms with Crippen LogP contribution in [0.5, 0.6) is 0 Å². The van der Waals surface area contributed by atoms with Gasteiger partial charge in [-0.1, -0.05) is 11.6 Å². The van der Waals surface area contributed by atoms with Gasteiger partial charge in [-0.25, -0.2) is 4.99 Å². The Hall–Kier alpha value is -2.07. The summed E-state index contributed by atoms with van der Waals surface area (Å²) >= 11 is 6.04. The molecule has 1 atom stereocenters. The average Bonchev–Trinajstić information content (AvgIpc) is 2.54. The van der Waals surface area contributed by atoms with Gasteiger partial charge < -0.3 is 4.90 Å². The summed E-state index contributed by atoms with van der Waals surface area (Å²) in [4.78, 5) is 13.9. The molecule has 3 heterocycles. The largest absolute Gasteiger partial charge is 0.334 e. The number of nitrogens with zero attached hydrogens (tertiary/aromatic N) is 4. The maximum absolute atomic E-state index is 6.04. The second-order valence-electron chi connectivity index (χ2n) is 6.70. The van der Waals surface area contributed by atoms with E-state index in [1.54, 1.807) is 0 Å². The Balaban J connectivity index is 1.82. The van der Waals surface area contributed by atoms with E-state index >= 15 is 0 Å². The molecule has 5 heteroatoms. The van der Waals surface area contributed by atoms with Crippen molar-refractivity contribution in [3.05, 3.63) is 53.6 Å². The normalized spacial score (nSPS) is 24.7. The first-order chi connectivity index (χ1) is 11.0. The molecule has 0 saturated carbocycles. The van der Waals surface area contributed by atoms with Gasteiger partial charge in [0.2, 0.25) is 0 Å². The van der Waals surface area contributed by atoms with E-state index < -0.39 is 0 Å². The Morgan fingerprint density at radius 2 is 2.00 bits per heavy atom. The molecule has 3 aliphatic rings. The molecule has 1 aromatic rings. The monoisotopic (exact) mass is 326 g/mol. The molecule has 0 saturated heterocycles. The summed E-state index contributed by atoms with van der Waals surface area (Å²) in [7, 11) is 0. The van der Waals surface area contributed by atoms with E-state index in [-0.39, 0.29) is 11.6 Å². The van der Waals surface area contributed by atoms with Crippen LogP contribution in [0, 0.1) is 0 Å². The zero-order chi connectivity index (χ0) is 16.0. The van der Waals surface area contributed by atoms with Gasteiger partial charge in [-0.15, -0.1) is 0 Å². The highest BCUT2D eigenvalue weighted by Gasteiger charge is 2.39. The van der Waals surface area contributed by atoms with Crippen molar-refractivity contribution in [3.8, 4) is 0 Å². The van der Waals surface area contributed by atoms with E-state index in [0.717, 1.165) is 35.2 Å². The summed E-state index contributed by atoms with van der Waals surface area (Å²) in [6, 6.07) is 8.18. The first-order valence-corrected chi connectivity index (χ1v) is 8.27. The number of fused-ring (bicyclic) bond motifs is 3. The summed E-state index contributed by atoms with van der Waals surface area (Å²) in [6.45, 7) is 4.38. The highest BCUT2D eigenvalue weighted by molar-refractivity contribution is 6.30. The standard InChI is InChI=1S/C18H19ClN4/c1-18(2)9-8-15-17(21-18)22-11-3-10-20-16(22)12-23(15)14-6-4-13(19)5-7-14/h3-7,10-12,15H,8-9H2,1-2H3. The van der Waals surface area contributed by atoms with Gasteiger partial charge in [-0.2, -0.15) is 0 Å². The number of amidine groups is 1. The second kappa shape index (κ2) is 5.24. The molecule has 4 nitrogen and oxygen atoms in total. The molecule has 0 spiro atoms. The lowest BCUT2D eigenvalue weighted by Crippen LogP contribution is -2.53. The summed E-state index contributed by atoms with van der Waals surface area (Å²) in [6.07, 6.45) is 10.0. The zero-order valence-corrected chi connectivity index (χ0v) is 14.0. The second-order valence-corrected chi connectivity index (χ2v) is 7.13. The summed E-state index contributed by atoms with van der Waals surface area (Å²) in [5, 5.41) is 0.748. The molecule has 23 heavy (non-hydrogen) atoms. The van der Waals surface area contributed by atoms with Crippen LogP contribution < -0.4 is 4.90 Å². The minimum Gasteiger partial charge on any atom is -0.334 e. The lowest BCUT2D eigenvalue weighted by molar-refractivity contribution is 0.399. The summed E-state index contributed by atoms with van der Waals surface area (Å²) in [5.41, 5.74) is 1.08. The van der Waals surface area contributed by atoms with Gasteiger partial charge in [-0.3, -0.25) is 9.89 Å².